The highest BCUT2D eigenvalue weighted by Gasteiger charge is 2.41. The smallest absolute Gasteiger partial charge is 0.324 e. The normalized spacial score (nSPS) is 22.3. The monoisotopic (exact) mass is 318 g/mol. The predicted molar refractivity (Wildman–Crippen MR) is 88.8 cm³/mol. The second-order valence-corrected chi connectivity index (χ2v) is 6.66. The molecule has 23 heavy (non-hydrogen) atoms. The van der Waals surface area contributed by atoms with Gasteiger partial charge in [-0.25, -0.2) is 0 Å². The molecule has 1 amide bonds. The van der Waals surface area contributed by atoms with E-state index in [1.54, 1.807) is 0 Å². The van der Waals surface area contributed by atoms with Gasteiger partial charge in [-0.05, 0) is 32.4 Å². The zero-order valence-electron chi connectivity index (χ0n) is 14.3. The van der Waals surface area contributed by atoms with Crippen LogP contribution in [0.1, 0.15) is 45.7 Å². The maximum atomic E-state index is 12.5. The Bertz CT molecular complexity index is 557. The molecule has 2 atom stereocenters. The van der Waals surface area contributed by atoms with Crippen molar-refractivity contribution in [3.63, 3.8) is 0 Å². The van der Waals surface area contributed by atoms with E-state index in [1.165, 1.54) is 6.92 Å². The summed E-state index contributed by atoms with van der Waals surface area (Å²) in [5.41, 5.74) is 0.524. The van der Waals surface area contributed by atoms with Crippen LogP contribution in [0, 0.1) is 0 Å². The van der Waals surface area contributed by atoms with Gasteiger partial charge >= 0.3 is 5.97 Å². The number of carbonyl (C=O) groups is 2. The number of carbonyl (C=O) groups excluding carboxylic acids is 2. The first kappa shape index (κ1) is 17.5. The summed E-state index contributed by atoms with van der Waals surface area (Å²) in [5.74, 6) is -0.319. The quantitative estimate of drug-likeness (QED) is 0.846. The van der Waals surface area contributed by atoms with Crippen molar-refractivity contribution in [1.29, 1.82) is 0 Å². The van der Waals surface area contributed by atoms with Gasteiger partial charge in [0, 0.05) is 13.5 Å². The summed E-state index contributed by atoms with van der Waals surface area (Å²) in [5, 5.41) is 2.96. The minimum atomic E-state index is -0.472. The molecule has 1 aromatic carbocycles. The number of morpholine rings is 1. The molecule has 1 aromatic rings. The molecule has 5 heteroatoms. The molecule has 0 spiro atoms. The third kappa shape index (κ3) is 4.55. The number of amides is 1. The number of esters is 1. The SMILES string of the molecule is CCN1CC(C)(C)OC(=O)C1CC(NC(C)=O)c1ccccc1. The molecule has 1 fully saturated rings. The molecule has 0 saturated carbocycles. The lowest BCUT2D eigenvalue weighted by Crippen LogP contribution is -2.57. The van der Waals surface area contributed by atoms with Gasteiger partial charge in [-0.3, -0.25) is 14.5 Å². The van der Waals surface area contributed by atoms with Gasteiger partial charge < -0.3 is 10.1 Å². The number of ether oxygens (including phenoxy) is 1. The second kappa shape index (κ2) is 7.13. The molecule has 1 saturated heterocycles. The lowest BCUT2D eigenvalue weighted by Gasteiger charge is -2.43. The number of rotatable bonds is 5. The molecule has 0 radical (unpaired) electrons. The first-order chi connectivity index (χ1) is 10.8. The van der Waals surface area contributed by atoms with E-state index in [2.05, 4.69) is 10.2 Å². The van der Waals surface area contributed by atoms with Gasteiger partial charge in [-0.15, -0.1) is 0 Å². The Labute approximate surface area is 138 Å². The van der Waals surface area contributed by atoms with Gasteiger partial charge in [0.25, 0.3) is 0 Å². The van der Waals surface area contributed by atoms with Gasteiger partial charge in [0.1, 0.15) is 11.6 Å². The van der Waals surface area contributed by atoms with Crippen molar-refractivity contribution in [1.82, 2.24) is 10.2 Å². The molecule has 0 aliphatic carbocycles. The average molecular weight is 318 g/mol. The molecule has 5 nitrogen and oxygen atoms in total. The van der Waals surface area contributed by atoms with Crippen molar-refractivity contribution in [3.8, 4) is 0 Å². The van der Waals surface area contributed by atoms with Crippen LogP contribution in [0.15, 0.2) is 30.3 Å². The fourth-order valence-corrected chi connectivity index (χ4v) is 3.13. The van der Waals surface area contributed by atoms with Gasteiger partial charge in [-0.2, -0.15) is 0 Å². The lowest BCUT2D eigenvalue weighted by atomic mass is 9.95. The summed E-state index contributed by atoms with van der Waals surface area (Å²) >= 11 is 0. The molecule has 0 aromatic heterocycles. The second-order valence-electron chi connectivity index (χ2n) is 6.66. The molecule has 1 N–H and O–H groups in total. The van der Waals surface area contributed by atoms with Crippen LogP contribution in [0.2, 0.25) is 0 Å². The highest BCUT2D eigenvalue weighted by atomic mass is 16.6. The van der Waals surface area contributed by atoms with Crippen LogP contribution >= 0.6 is 0 Å². The molecule has 2 unspecified atom stereocenters. The zero-order valence-corrected chi connectivity index (χ0v) is 14.3. The molecule has 1 heterocycles. The van der Waals surface area contributed by atoms with E-state index in [0.29, 0.717) is 13.0 Å². The first-order valence-corrected chi connectivity index (χ1v) is 8.11. The van der Waals surface area contributed by atoms with E-state index in [0.717, 1.165) is 12.1 Å². The molecule has 0 bridgehead atoms. The largest absolute Gasteiger partial charge is 0.457 e. The summed E-state index contributed by atoms with van der Waals surface area (Å²) in [6.07, 6.45) is 0.506. The van der Waals surface area contributed by atoms with Crippen LogP contribution in [0.4, 0.5) is 0 Å². The third-order valence-corrected chi connectivity index (χ3v) is 4.12. The number of benzene rings is 1. The Morgan fingerprint density at radius 3 is 2.61 bits per heavy atom. The number of nitrogens with one attached hydrogen (secondary N) is 1. The van der Waals surface area contributed by atoms with Gasteiger partial charge in [0.2, 0.25) is 5.91 Å². The highest BCUT2D eigenvalue weighted by Crippen LogP contribution is 2.28. The number of cyclic esters (lactones) is 1. The first-order valence-electron chi connectivity index (χ1n) is 8.11. The number of likely N-dealkylation sites (N-methyl/N-ethyl adjacent to an activating group) is 1. The average Bonchev–Trinajstić information content (AvgIpc) is 2.48. The third-order valence-electron chi connectivity index (χ3n) is 4.12. The Morgan fingerprint density at radius 2 is 2.04 bits per heavy atom. The Morgan fingerprint density at radius 1 is 1.39 bits per heavy atom. The molecule has 2 rings (SSSR count). The number of hydrogen-bond acceptors (Lipinski definition) is 4. The van der Waals surface area contributed by atoms with Crippen LogP contribution in [0.25, 0.3) is 0 Å². The minimum absolute atomic E-state index is 0.105. The Kier molecular flexibility index (Phi) is 5.42. The van der Waals surface area contributed by atoms with Gasteiger partial charge in [0.15, 0.2) is 0 Å². The standard InChI is InChI=1S/C18H26N2O3/c1-5-20-12-18(3,4)23-17(22)16(20)11-15(19-13(2)21)14-9-7-6-8-10-14/h6-10,15-16H,5,11-12H2,1-4H3,(H,19,21). The predicted octanol–water partition coefficient (Wildman–Crippen LogP) is 2.28. The summed E-state index contributed by atoms with van der Waals surface area (Å²) in [7, 11) is 0. The fraction of sp³-hybridized carbons (Fsp3) is 0.556. The van der Waals surface area contributed by atoms with Crippen molar-refractivity contribution < 1.29 is 14.3 Å². The van der Waals surface area contributed by atoms with Crippen LogP contribution < -0.4 is 5.32 Å². The van der Waals surface area contributed by atoms with Crippen LogP contribution in [0.5, 0.6) is 0 Å². The van der Waals surface area contributed by atoms with E-state index >= 15 is 0 Å². The van der Waals surface area contributed by atoms with E-state index in [4.69, 9.17) is 4.74 Å². The van der Waals surface area contributed by atoms with Crippen molar-refractivity contribution in [2.75, 3.05) is 13.1 Å². The summed E-state index contributed by atoms with van der Waals surface area (Å²) in [4.78, 5) is 26.1. The van der Waals surface area contributed by atoms with Crippen LogP contribution in [-0.2, 0) is 14.3 Å². The highest BCUT2D eigenvalue weighted by molar-refractivity contribution is 5.78. The maximum Gasteiger partial charge on any atom is 0.324 e. The lowest BCUT2D eigenvalue weighted by molar-refractivity contribution is -0.178. The van der Waals surface area contributed by atoms with Crippen LogP contribution in [-0.4, -0.2) is 41.5 Å². The van der Waals surface area contributed by atoms with Crippen molar-refractivity contribution in [2.45, 2.75) is 51.8 Å². The Balaban J connectivity index is 2.21. The van der Waals surface area contributed by atoms with E-state index in [-0.39, 0.29) is 24.0 Å². The molecular weight excluding hydrogens is 292 g/mol. The van der Waals surface area contributed by atoms with Gasteiger partial charge in [-0.1, -0.05) is 37.3 Å². The maximum absolute atomic E-state index is 12.5. The summed E-state index contributed by atoms with van der Waals surface area (Å²) < 4.78 is 5.57. The number of hydrogen-bond donors (Lipinski definition) is 1. The summed E-state index contributed by atoms with van der Waals surface area (Å²) in [6.45, 7) is 8.85. The molecule has 126 valence electrons. The topological polar surface area (TPSA) is 58.6 Å². The number of nitrogens with zero attached hydrogens (tertiary/aromatic N) is 1. The van der Waals surface area contributed by atoms with E-state index < -0.39 is 5.60 Å². The minimum Gasteiger partial charge on any atom is -0.457 e. The van der Waals surface area contributed by atoms with Crippen molar-refractivity contribution in [3.05, 3.63) is 35.9 Å². The molecule has 1 aliphatic rings. The summed E-state index contributed by atoms with van der Waals surface area (Å²) in [6, 6.07) is 9.19. The fourth-order valence-electron chi connectivity index (χ4n) is 3.13. The van der Waals surface area contributed by atoms with Gasteiger partial charge in [0.05, 0.1) is 6.04 Å². The zero-order chi connectivity index (χ0) is 17.0. The van der Waals surface area contributed by atoms with E-state index in [9.17, 15) is 9.59 Å². The van der Waals surface area contributed by atoms with Crippen molar-refractivity contribution in [2.24, 2.45) is 0 Å². The molecule has 1 aliphatic heterocycles. The Hall–Kier alpha value is -1.88. The van der Waals surface area contributed by atoms with E-state index in [1.807, 2.05) is 51.1 Å². The molecular formula is C18H26N2O3. The van der Waals surface area contributed by atoms with Crippen LogP contribution in [0.3, 0.4) is 0 Å². The van der Waals surface area contributed by atoms with Crippen molar-refractivity contribution >= 4 is 11.9 Å².